The van der Waals surface area contributed by atoms with Crippen LogP contribution in [0.1, 0.15) is 21.7 Å². The lowest BCUT2D eigenvalue weighted by molar-refractivity contribution is 0.0775. The Hall–Kier alpha value is -4.13. The van der Waals surface area contributed by atoms with E-state index in [1.165, 1.54) is 0 Å². The maximum absolute atomic E-state index is 13.1. The summed E-state index contributed by atoms with van der Waals surface area (Å²) in [5.74, 6) is 0.604. The van der Waals surface area contributed by atoms with Crippen molar-refractivity contribution in [1.82, 2.24) is 18.9 Å². The van der Waals surface area contributed by atoms with Crippen LogP contribution in [0, 0.1) is 0 Å². The Morgan fingerprint density at radius 2 is 1.94 bits per heavy atom. The van der Waals surface area contributed by atoms with Crippen molar-refractivity contribution in [3.63, 3.8) is 0 Å². The molecule has 4 heterocycles. The Morgan fingerprint density at radius 1 is 1.06 bits per heavy atom. The van der Waals surface area contributed by atoms with Gasteiger partial charge in [0, 0.05) is 25.0 Å². The van der Waals surface area contributed by atoms with Gasteiger partial charge < -0.3 is 13.7 Å². The first-order chi connectivity index (χ1) is 15.1. The average Bonchev–Trinajstić information content (AvgIpc) is 3.49. The van der Waals surface area contributed by atoms with Crippen LogP contribution < -0.4 is 5.56 Å². The molecule has 0 aliphatic heterocycles. The van der Waals surface area contributed by atoms with Gasteiger partial charge in [-0.1, -0.05) is 12.1 Å². The topological polar surface area (TPSA) is 72.8 Å². The van der Waals surface area contributed by atoms with Crippen LogP contribution in [-0.2, 0) is 13.1 Å². The lowest BCUT2D eigenvalue weighted by atomic mass is 10.1. The first kappa shape index (κ1) is 18.9. The van der Waals surface area contributed by atoms with Crippen molar-refractivity contribution >= 4 is 22.6 Å². The predicted molar refractivity (Wildman–Crippen MR) is 117 cm³/mol. The van der Waals surface area contributed by atoms with E-state index in [-0.39, 0.29) is 11.5 Å². The van der Waals surface area contributed by atoms with Gasteiger partial charge in [-0.25, -0.2) is 4.98 Å². The summed E-state index contributed by atoms with van der Waals surface area (Å²) in [7, 11) is 1.74. The smallest absolute Gasteiger partial charge is 0.276 e. The van der Waals surface area contributed by atoms with Gasteiger partial charge in [0.25, 0.3) is 11.5 Å². The number of benzene rings is 1. The fourth-order valence-electron chi connectivity index (χ4n) is 3.84. The van der Waals surface area contributed by atoms with Gasteiger partial charge >= 0.3 is 0 Å². The van der Waals surface area contributed by atoms with E-state index in [9.17, 15) is 9.59 Å². The quantitative estimate of drug-likeness (QED) is 0.442. The molecule has 0 unspecified atom stereocenters. The van der Waals surface area contributed by atoms with Crippen LogP contribution in [0.15, 0.2) is 88.5 Å². The number of furan rings is 1. The molecule has 0 spiro atoms. The Balaban J connectivity index is 1.50. The third kappa shape index (κ3) is 3.40. The normalized spacial score (nSPS) is 11.3. The second-order valence-electron chi connectivity index (χ2n) is 7.44. The number of hydrogen-bond donors (Lipinski definition) is 0. The molecule has 0 N–H and O–H groups in total. The molecule has 0 radical (unpaired) electrons. The summed E-state index contributed by atoms with van der Waals surface area (Å²) < 4.78 is 8.84. The number of hydrogen-bond acceptors (Lipinski definition) is 4. The summed E-state index contributed by atoms with van der Waals surface area (Å²) in [6, 6.07) is 18.4. The molecule has 7 heteroatoms. The molecule has 1 aromatic carbocycles. The van der Waals surface area contributed by atoms with E-state index in [1.807, 2.05) is 53.1 Å². The highest BCUT2D eigenvalue weighted by Crippen LogP contribution is 2.16. The molecule has 5 aromatic rings. The van der Waals surface area contributed by atoms with Crippen molar-refractivity contribution in [2.24, 2.45) is 0 Å². The highest BCUT2D eigenvalue weighted by molar-refractivity contribution is 5.94. The van der Waals surface area contributed by atoms with Crippen LogP contribution in [0.2, 0.25) is 0 Å². The van der Waals surface area contributed by atoms with Crippen molar-refractivity contribution in [3.05, 3.63) is 107 Å². The number of pyridine rings is 1. The first-order valence-electron chi connectivity index (χ1n) is 9.93. The monoisotopic (exact) mass is 412 g/mol. The third-order valence-corrected chi connectivity index (χ3v) is 5.33. The van der Waals surface area contributed by atoms with Crippen LogP contribution in [0.5, 0.6) is 0 Å². The van der Waals surface area contributed by atoms with Gasteiger partial charge in [-0.3, -0.25) is 14.2 Å². The molecule has 4 aromatic heterocycles. The Morgan fingerprint density at radius 3 is 2.77 bits per heavy atom. The molecule has 5 rings (SSSR count). The van der Waals surface area contributed by atoms with Crippen molar-refractivity contribution in [3.8, 4) is 0 Å². The van der Waals surface area contributed by atoms with Gasteiger partial charge in [0.2, 0.25) is 0 Å². The SMILES string of the molecule is CN(Cc1ccco1)C(=O)c1cccc(Cn2c(=O)c3cccn3c3cccnc32)c1. The molecular formula is C24H20N4O3. The molecule has 7 nitrogen and oxygen atoms in total. The van der Waals surface area contributed by atoms with Gasteiger partial charge in [-0.2, -0.15) is 0 Å². The third-order valence-electron chi connectivity index (χ3n) is 5.33. The van der Waals surface area contributed by atoms with E-state index >= 15 is 0 Å². The average molecular weight is 412 g/mol. The van der Waals surface area contributed by atoms with E-state index < -0.39 is 0 Å². The highest BCUT2D eigenvalue weighted by atomic mass is 16.3. The van der Waals surface area contributed by atoms with E-state index in [1.54, 1.807) is 47.2 Å². The minimum Gasteiger partial charge on any atom is -0.467 e. The number of carbonyl (C=O) groups is 1. The van der Waals surface area contributed by atoms with Crippen LogP contribution in [0.3, 0.4) is 0 Å². The lowest BCUT2D eigenvalue weighted by Gasteiger charge is -2.17. The minimum atomic E-state index is -0.122. The van der Waals surface area contributed by atoms with E-state index in [2.05, 4.69) is 4.98 Å². The molecule has 0 bridgehead atoms. The maximum atomic E-state index is 13.1. The maximum Gasteiger partial charge on any atom is 0.276 e. The molecule has 1 amide bonds. The largest absolute Gasteiger partial charge is 0.467 e. The number of rotatable bonds is 5. The summed E-state index contributed by atoms with van der Waals surface area (Å²) in [5.41, 5.74) is 3.33. The fourth-order valence-corrected chi connectivity index (χ4v) is 3.84. The second kappa shape index (κ2) is 7.60. The summed E-state index contributed by atoms with van der Waals surface area (Å²) >= 11 is 0. The van der Waals surface area contributed by atoms with Crippen molar-refractivity contribution in [2.45, 2.75) is 13.1 Å². The molecule has 0 saturated carbocycles. The highest BCUT2D eigenvalue weighted by Gasteiger charge is 2.15. The standard InChI is InChI=1S/C24H20N4O3/c1-26(16-19-8-5-13-31-19)23(29)18-7-2-6-17(14-18)15-28-22-20(9-3-11-25-22)27-12-4-10-21(27)24(28)30/h2-14H,15-16H2,1H3. The molecule has 0 atom stereocenters. The summed E-state index contributed by atoms with van der Waals surface area (Å²) in [5, 5.41) is 0. The van der Waals surface area contributed by atoms with Crippen LogP contribution in [-0.4, -0.2) is 31.8 Å². The zero-order chi connectivity index (χ0) is 21.4. The summed E-state index contributed by atoms with van der Waals surface area (Å²) in [6.07, 6.45) is 5.13. The van der Waals surface area contributed by atoms with Gasteiger partial charge in [0.15, 0.2) is 5.65 Å². The number of nitrogens with zero attached hydrogens (tertiary/aromatic N) is 4. The number of carbonyl (C=O) groups excluding carboxylic acids is 1. The lowest BCUT2D eigenvalue weighted by Crippen LogP contribution is -2.26. The van der Waals surface area contributed by atoms with Gasteiger partial charge in [-0.05, 0) is 54.1 Å². The van der Waals surface area contributed by atoms with Gasteiger partial charge in [0.05, 0.1) is 24.9 Å². The van der Waals surface area contributed by atoms with Crippen molar-refractivity contribution in [2.75, 3.05) is 7.05 Å². The molecule has 154 valence electrons. The zero-order valence-electron chi connectivity index (χ0n) is 16.9. The fraction of sp³-hybridized carbons (Fsp3) is 0.125. The summed E-state index contributed by atoms with van der Waals surface area (Å²) in [6.45, 7) is 0.700. The second-order valence-corrected chi connectivity index (χ2v) is 7.44. The predicted octanol–water partition coefficient (Wildman–Crippen LogP) is 3.56. The van der Waals surface area contributed by atoms with E-state index in [4.69, 9.17) is 4.42 Å². The number of fused-ring (bicyclic) bond motifs is 3. The minimum absolute atomic E-state index is 0.115. The Bertz CT molecular complexity index is 1450. The molecular weight excluding hydrogens is 392 g/mol. The molecule has 31 heavy (non-hydrogen) atoms. The number of amides is 1. The molecule has 0 saturated heterocycles. The van der Waals surface area contributed by atoms with E-state index in [0.717, 1.165) is 16.8 Å². The Kier molecular flexibility index (Phi) is 4.63. The van der Waals surface area contributed by atoms with Crippen molar-refractivity contribution in [1.29, 1.82) is 0 Å². The van der Waals surface area contributed by atoms with Gasteiger partial charge in [0.1, 0.15) is 11.3 Å². The first-order valence-corrected chi connectivity index (χ1v) is 9.93. The van der Waals surface area contributed by atoms with Crippen LogP contribution in [0.4, 0.5) is 0 Å². The van der Waals surface area contributed by atoms with Crippen LogP contribution >= 0.6 is 0 Å². The van der Waals surface area contributed by atoms with Gasteiger partial charge in [-0.15, -0.1) is 0 Å². The molecule has 0 aliphatic rings. The van der Waals surface area contributed by atoms with E-state index in [0.29, 0.717) is 29.8 Å². The zero-order valence-corrected chi connectivity index (χ0v) is 16.9. The number of aromatic nitrogens is 3. The summed E-state index contributed by atoms with van der Waals surface area (Å²) in [4.78, 5) is 32.1. The molecule has 0 aliphatic carbocycles. The van der Waals surface area contributed by atoms with Crippen molar-refractivity contribution < 1.29 is 9.21 Å². The van der Waals surface area contributed by atoms with Crippen LogP contribution in [0.25, 0.3) is 16.7 Å². The molecule has 0 fully saturated rings. The Labute approximate surface area is 177 Å².